The first-order valence-electron chi connectivity index (χ1n) is 12.4. The predicted octanol–water partition coefficient (Wildman–Crippen LogP) is 7.25. The van der Waals surface area contributed by atoms with Crippen LogP contribution in [0.15, 0.2) is 109 Å². The third-order valence-corrected chi connectivity index (χ3v) is 6.68. The number of benzene rings is 4. The smallest absolute Gasteiger partial charge is 0.307 e. The third kappa shape index (κ3) is 6.41. The molecule has 4 rings (SSSR count). The summed E-state index contributed by atoms with van der Waals surface area (Å²) in [6.45, 7) is 2.51. The van der Waals surface area contributed by atoms with Gasteiger partial charge in [0.1, 0.15) is 12.4 Å². The number of hydrogen-bond acceptors (Lipinski definition) is 3. The molecule has 0 bridgehead atoms. The maximum Gasteiger partial charge on any atom is 0.307 e. The fourth-order valence-corrected chi connectivity index (χ4v) is 4.65. The zero-order valence-corrected chi connectivity index (χ0v) is 20.5. The summed E-state index contributed by atoms with van der Waals surface area (Å²) in [6, 6.07) is 35.3. The van der Waals surface area contributed by atoms with Crippen molar-refractivity contribution in [2.45, 2.75) is 38.4 Å². The lowest BCUT2D eigenvalue weighted by atomic mass is 9.80. The SMILES string of the molecule is CCC(c1ccccc1)C(CC(O)c1ccc(-c2ccc(OCc3ccccc3)cc2)cc1)C(=O)O. The highest BCUT2D eigenvalue weighted by atomic mass is 16.5. The molecule has 0 heterocycles. The molecular weight excluding hydrogens is 448 g/mol. The molecule has 0 aliphatic carbocycles. The Hall–Kier alpha value is -3.89. The second-order valence-corrected chi connectivity index (χ2v) is 9.04. The van der Waals surface area contributed by atoms with Crippen molar-refractivity contribution in [2.24, 2.45) is 5.92 Å². The average molecular weight is 481 g/mol. The molecule has 0 aliphatic heterocycles. The van der Waals surface area contributed by atoms with Gasteiger partial charge in [0.2, 0.25) is 0 Å². The molecule has 4 nitrogen and oxygen atoms in total. The Kier molecular flexibility index (Phi) is 8.53. The summed E-state index contributed by atoms with van der Waals surface area (Å²) in [7, 11) is 0. The van der Waals surface area contributed by atoms with E-state index in [1.165, 1.54) is 0 Å². The predicted molar refractivity (Wildman–Crippen MR) is 143 cm³/mol. The molecule has 0 saturated carbocycles. The van der Waals surface area contributed by atoms with Crippen LogP contribution in [-0.2, 0) is 11.4 Å². The number of carboxylic acids is 1. The zero-order valence-electron chi connectivity index (χ0n) is 20.5. The summed E-state index contributed by atoms with van der Waals surface area (Å²) in [5.41, 5.74) is 4.89. The van der Waals surface area contributed by atoms with Crippen LogP contribution in [0.3, 0.4) is 0 Å². The Bertz CT molecular complexity index is 1220. The van der Waals surface area contributed by atoms with E-state index in [4.69, 9.17) is 4.74 Å². The van der Waals surface area contributed by atoms with Crippen LogP contribution in [-0.4, -0.2) is 16.2 Å². The second-order valence-electron chi connectivity index (χ2n) is 9.04. The molecule has 4 aromatic rings. The van der Waals surface area contributed by atoms with Gasteiger partial charge in [-0.1, -0.05) is 104 Å². The number of ether oxygens (including phenoxy) is 1. The second kappa shape index (κ2) is 12.2. The van der Waals surface area contributed by atoms with Gasteiger partial charge >= 0.3 is 5.97 Å². The van der Waals surface area contributed by atoms with Crippen molar-refractivity contribution in [2.75, 3.05) is 0 Å². The molecule has 4 heteroatoms. The van der Waals surface area contributed by atoms with E-state index in [-0.39, 0.29) is 12.3 Å². The Morgan fingerprint density at radius 1 is 0.750 bits per heavy atom. The van der Waals surface area contributed by atoms with Crippen molar-refractivity contribution in [3.63, 3.8) is 0 Å². The van der Waals surface area contributed by atoms with Crippen molar-refractivity contribution in [1.29, 1.82) is 0 Å². The van der Waals surface area contributed by atoms with Gasteiger partial charge in [0.25, 0.3) is 0 Å². The van der Waals surface area contributed by atoms with Gasteiger partial charge in [-0.25, -0.2) is 0 Å². The van der Waals surface area contributed by atoms with Crippen LogP contribution in [0.25, 0.3) is 11.1 Å². The van der Waals surface area contributed by atoms with Crippen LogP contribution in [0, 0.1) is 5.92 Å². The Morgan fingerprint density at radius 2 is 1.31 bits per heavy atom. The first-order chi connectivity index (χ1) is 17.5. The minimum atomic E-state index is -0.879. The van der Waals surface area contributed by atoms with E-state index in [0.717, 1.165) is 33.6 Å². The average Bonchev–Trinajstić information content (AvgIpc) is 2.93. The van der Waals surface area contributed by atoms with Crippen LogP contribution in [0.4, 0.5) is 0 Å². The fourth-order valence-electron chi connectivity index (χ4n) is 4.65. The van der Waals surface area contributed by atoms with E-state index in [9.17, 15) is 15.0 Å². The molecule has 36 heavy (non-hydrogen) atoms. The van der Waals surface area contributed by atoms with Crippen molar-refractivity contribution in [1.82, 2.24) is 0 Å². The highest BCUT2D eigenvalue weighted by Crippen LogP contribution is 2.35. The van der Waals surface area contributed by atoms with Crippen LogP contribution in [0.5, 0.6) is 5.75 Å². The van der Waals surface area contributed by atoms with Gasteiger partial charge in [0.15, 0.2) is 0 Å². The van der Waals surface area contributed by atoms with E-state index in [1.807, 2.05) is 116 Å². The maximum absolute atomic E-state index is 12.1. The summed E-state index contributed by atoms with van der Waals surface area (Å²) < 4.78 is 5.87. The van der Waals surface area contributed by atoms with Crippen LogP contribution >= 0.6 is 0 Å². The van der Waals surface area contributed by atoms with Crippen LogP contribution in [0.1, 0.15) is 48.5 Å². The topological polar surface area (TPSA) is 66.8 Å². The molecule has 0 saturated heterocycles. The molecule has 3 atom stereocenters. The highest BCUT2D eigenvalue weighted by molar-refractivity contribution is 5.71. The van der Waals surface area contributed by atoms with E-state index in [2.05, 4.69) is 0 Å². The standard InChI is InChI=1S/C32H32O4/c1-2-29(26-11-7-4-8-12-26)30(32(34)35)21-31(33)27-15-13-24(14-16-27)25-17-19-28(20-18-25)36-22-23-9-5-3-6-10-23/h3-20,29-31,33H,2,21-22H2,1H3,(H,34,35). The Balaban J connectivity index is 1.40. The molecule has 0 aromatic heterocycles. The summed E-state index contributed by atoms with van der Waals surface area (Å²) in [5, 5.41) is 20.8. The first-order valence-corrected chi connectivity index (χ1v) is 12.4. The van der Waals surface area contributed by atoms with Gasteiger partial charge < -0.3 is 14.9 Å². The molecule has 0 radical (unpaired) electrons. The Labute approximate surface area is 212 Å². The number of aliphatic carboxylic acids is 1. The summed E-state index contributed by atoms with van der Waals surface area (Å²) in [5.74, 6) is -0.898. The maximum atomic E-state index is 12.1. The fraction of sp³-hybridized carbons (Fsp3) is 0.219. The minimum absolute atomic E-state index is 0.153. The van der Waals surface area contributed by atoms with Crippen LogP contribution in [0.2, 0.25) is 0 Å². The van der Waals surface area contributed by atoms with Gasteiger partial charge in [0, 0.05) is 0 Å². The van der Waals surface area contributed by atoms with E-state index in [0.29, 0.717) is 13.0 Å². The summed E-state index contributed by atoms with van der Waals surface area (Å²) in [4.78, 5) is 12.1. The largest absolute Gasteiger partial charge is 0.489 e. The lowest BCUT2D eigenvalue weighted by molar-refractivity contribution is -0.143. The molecule has 2 N–H and O–H groups in total. The van der Waals surface area contributed by atoms with E-state index in [1.54, 1.807) is 0 Å². The third-order valence-electron chi connectivity index (χ3n) is 6.68. The quantitative estimate of drug-likeness (QED) is 0.237. The highest BCUT2D eigenvalue weighted by Gasteiger charge is 2.30. The molecule has 0 aliphatic rings. The van der Waals surface area contributed by atoms with Crippen molar-refractivity contribution >= 4 is 5.97 Å². The number of carbonyl (C=O) groups is 1. The lowest BCUT2D eigenvalue weighted by Crippen LogP contribution is -2.24. The van der Waals surface area contributed by atoms with E-state index < -0.39 is 18.0 Å². The van der Waals surface area contributed by atoms with Gasteiger partial charge in [-0.15, -0.1) is 0 Å². The lowest BCUT2D eigenvalue weighted by Gasteiger charge is -2.25. The number of aliphatic hydroxyl groups excluding tert-OH is 1. The molecule has 0 fully saturated rings. The van der Waals surface area contributed by atoms with Gasteiger partial charge in [-0.05, 0) is 58.7 Å². The molecule has 0 spiro atoms. The van der Waals surface area contributed by atoms with Crippen molar-refractivity contribution in [3.8, 4) is 16.9 Å². The monoisotopic (exact) mass is 480 g/mol. The summed E-state index contributed by atoms with van der Waals surface area (Å²) in [6.07, 6.45) is -0.000539. The normalized spacial score (nSPS) is 13.5. The minimum Gasteiger partial charge on any atom is -0.489 e. The zero-order chi connectivity index (χ0) is 25.3. The Morgan fingerprint density at radius 3 is 1.86 bits per heavy atom. The van der Waals surface area contributed by atoms with Crippen molar-refractivity contribution in [3.05, 3.63) is 126 Å². The molecule has 184 valence electrons. The van der Waals surface area contributed by atoms with Crippen LogP contribution < -0.4 is 4.74 Å². The molecule has 3 unspecified atom stereocenters. The number of aliphatic hydroxyl groups is 1. The molecule has 4 aromatic carbocycles. The number of rotatable bonds is 11. The first kappa shape index (κ1) is 25.2. The van der Waals surface area contributed by atoms with Gasteiger partial charge in [-0.2, -0.15) is 0 Å². The summed E-state index contributed by atoms with van der Waals surface area (Å²) >= 11 is 0. The van der Waals surface area contributed by atoms with Gasteiger partial charge in [-0.3, -0.25) is 4.79 Å². The number of carboxylic acid groups (broad SMARTS) is 1. The van der Waals surface area contributed by atoms with E-state index >= 15 is 0 Å². The van der Waals surface area contributed by atoms with Crippen molar-refractivity contribution < 1.29 is 19.7 Å². The number of hydrogen-bond donors (Lipinski definition) is 2. The molecule has 0 amide bonds. The molecular formula is C32H32O4. The van der Waals surface area contributed by atoms with Gasteiger partial charge in [0.05, 0.1) is 12.0 Å².